The lowest BCUT2D eigenvalue weighted by atomic mass is 10.1. The number of rotatable bonds is 4. The average Bonchev–Trinajstić information content (AvgIpc) is 2.69. The van der Waals surface area contributed by atoms with Crippen molar-refractivity contribution in [3.63, 3.8) is 0 Å². The molecule has 2 atom stereocenters. The van der Waals surface area contributed by atoms with Gasteiger partial charge >= 0.3 is 0 Å². The number of ether oxygens (including phenoxy) is 1. The van der Waals surface area contributed by atoms with Gasteiger partial charge in [0.25, 0.3) is 0 Å². The van der Waals surface area contributed by atoms with Gasteiger partial charge in [-0.15, -0.1) is 0 Å². The largest absolute Gasteiger partial charge is 0.494 e. The molecule has 94 valence electrons. The van der Waals surface area contributed by atoms with E-state index in [-0.39, 0.29) is 0 Å². The summed E-state index contributed by atoms with van der Waals surface area (Å²) in [5.41, 5.74) is 2.51. The molecule has 1 aromatic carbocycles. The second-order valence-corrected chi connectivity index (χ2v) is 6.10. The number of aryl methyl sites for hydroxylation is 1. The van der Waals surface area contributed by atoms with E-state index < -0.39 is 0 Å². The van der Waals surface area contributed by atoms with Crippen molar-refractivity contribution < 1.29 is 4.74 Å². The average molecular weight is 251 g/mol. The van der Waals surface area contributed by atoms with Crippen molar-refractivity contribution in [1.29, 1.82) is 0 Å². The molecule has 2 nitrogen and oxygen atoms in total. The fraction of sp³-hybridized carbons (Fsp3) is 0.571. The molecule has 0 radical (unpaired) electrons. The van der Waals surface area contributed by atoms with Crippen LogP contribution in [-0.2, 0) is 0 Å². The van der Waals surface area contributed by atoms with E-state index in [0.717, 1.165) is 17.6 Å². The molecule has 17 heavy (non-hydrogen) atoms. The lowest BCUT2D eigenvalue weighted by molar-refractivity contribution is 0.340. The molecule has 1 aliphatic heterocycles. The van der Waals surface area contributed by atoms with Crippen molar-refractivity contribution >= 4 is 17.4 Å². The molecule has 0 aromatic heterocycles. The second kappa shape index (κ2) is 5.67. The quantitative estimate of drug-likeness (QED) is 0.881. The molecule has 1 aliphatic rings. The van der Waals surface area contributed by atoms with Crippen molar-refractivity contribution in [3.05, 3.63) is 23.8 Å². The Morgan fingerprint density at radius 1 is 1.47 bits per heavy atom. The fourth-order valence-corrected chi connectivity index (χ4v) is 3.34. The maximum atomic E-state index is 5.50. The predicted octanol–water partition coefficient (Wildman–Crippen LogP) is 3.70. The van der Waals surface area contributed by atoms with E-state index in [1.807, 2.05) is 13.0 Å². The highest BCUT2D eigenvalue weighted by Crippen LogP contribution is 2.30. The van der Waals surface area contributed by atoms with Crippen molar-refractivity contribution in [3.8, 4) is 5.75 Å². The first-order chi connectivity index (χ1) is 8.19. The topological polar surface area (TPSA) is 21.3 Å². The van der Waals surface area contributed by atoms with Crippen molar-refractivity contribution in [2.45, 2.75) is 38.5 Å². The predicted molar refractivity (Wildman–Crippen MR) is 76.3 cm³/mol. The van der Waals surface area contributed by atoms with Gasteiger partial charge in [-0.25, -0.2) is 0 Å². The Bertz CT molecular complexity index is 380. The molecule has 0 saturated carbocycles. The van der Waals surface area contributed by atoms with Gasteiger partial charge in [0.2, 0.25) is 0 Å². The Hall–Kier alpha value is -0.830. The van der Waals surface area contributed by atoms with Crippen LogP contribution in [0.3, 0.4) is 0 Å². The van der Waals surface area contributed by atoms with Gasteiger partial charge in [-0.2, -0.15) is 11.8 Å². The van der Waals surface area contributed by atoms with Crippen LogP contribution in [0.25, 0.3) is 0 Å². The van der Waals surface area contributed by atoms with Crippen LogP contribution in [0.15, 0.2) is 18.2 Å². The molecule has 1 fully saturated rings. The maximum Gasteiger partial charge on any atom is 0.119 e. The highest BCUT2D eigenvalue weighted by molar-refractivity contribution is 8.00. The Labute approximate surface area is 108 Å². The van der Waals surface area contributed by atoms with Crippen LogP contribution in [0.4, 0.5) is 5.69 Å². The fourth-order valence-electron chi connectivity index (χ4n) is 2.19. The summed E-state index contributed by atoms with van der Waals surface area (Å²) in [5.74, 6) is 2.18. The van der Waals surface area contributed by atoms with Crippen LogP contribution in [0.2, 0.25) is 0 Å². The number of benzene rings is 1. The third-order valence-electron chi connectivity index (χ3n) is 3.07. The molecule has 1 saturated heterocycles. The molecule has 3 heteroatoms. The zero-order chi connectivity index (χ0) is 12.3. The minimum Gasteiger partial charge on any atom is -0.494 e. The Morgan fingerprint density at radius 3 is 2.88 bits per heavy atom. The van der Waals surface area contributed by atoms with E-state index in [1.54, 1.807) is 0 Å². The van der Waals surface area contributed by atoms with E-state index >= 15 is 0 Å². The summed E-state index contributed by atoms with van der Waals surface area (Å²) in [5, 5.41) is 4.42. The molecule has 1 heterocycles. The number of thioether (sulfide) groups is 1. The number of nitrogens with one attached hydrogen (secondary N) is 1. The smallest absolute Gasteiger partial charge is 0.119 e. The van der Waals surface area contributed by atoms with E-state index in [0.29, 0.717) is 6.04 Å². The molecule has 1 aromatic rings. The highest BCUT2D eigenvalue weighted by Gasteiger charge is 2.21. The summed E-state index contributed by atoms with van der Waals surface area (Å²) in [6.45, 7) is 7.18. The molecular formula is C14H21NOS. The van der Waals surface area contributed by atoms with Gasteiger partial charge in [-0.05, 0) is 44.0 Å². The summed E-state index contributed by atoms with van der Waals surface area (Å²) in [6, 6.07) is 6.90. The summed E-state index contributed by atoms with van der Waals surface area (Å²) in [4.78, 5) is 0. The van der Waals surface area contributed by atoms with E-state index in [2.05, 4.69) is 43.1 Å². The standard InChI is InChI=1S/C14H21NOS/c1-4-16-13-5-6-14(10(2)7-13)15-12-8-11(3)17-9-12/h5-7,11-12,15H,4,8-9H2,1-3H3. The molecule has 1 N–H and O–H groups in total. The second-order valence-electron chi connectivity index (χ2n) is 4.63. The first kappa shape index (κ1) is 12.6. The van der Waals surface area contributed by atoms with Crippen LogP contribution >= 0.6 is 11.8 Å². The third-order valence-corrected chi connectivity index (χ3v) is 4.42. The van der Waals surface area contributed by atoms with Crippen molar-refractivity contribution in [2.24, 2.45) is 0 Å². The number of anilines is 1. The zero-order valence-corrected chi connectivity index (χ0v) is 11.6. The monoisotopic (exact) mass is 251 g/mol. The van der Waals surface area contributed by atoms with Crippen molar-refractivity contribution in [2.75, 3.05) is 17.7 Å². The molecule has 2 unspecified atom stereocenters. The molecule has 0 amide bonds. The molecule has 0 spiro atoms. The van der Waals surface area contributed by atoms with Gasteiger partial charge in [-0.1, -0.05) is 6.92 Å². The van der Waals surface area contributed by atoms with Gasteiger partial charge in [-0.3, -0.25) is 0 Å². The summed E-state index contributed by atoms with van der Waals surface area (Å²) < 4.78 is 5.50. The van der Waals surface area contributed by atoms with Crippen LogP contribution in [0, 0.1) is 6.92 Å². The highest BCUT2D eigenvalue weighted by atomic mass is 32.2. The third kappa shape index (κ3) is 3.32. The van der Waals surface area contributed by atoms with E-state index in [1.165, 1.54) is 23.4 Å². The molecule has 0 aliphatic carbocycles. The van der Waals surface area contributed by atoms with E-state index in [4.69, 9.17) is 4.74 Å². The van der Waals surface area contributed by atoms with Crippen LogP contribution in [0.5, 0.6) is 5.75 Å². The van der Waals surface area contributed by atoms with Gasteiger partial charge in [0.1, 0.15) is 5.75 Å². The van der Waals surface area contributed by atoms with Gasteiger partial charge in [0, 0.05) is 22.7 Å². The number of hydrogen-bond donors (Lipinski definition) is 1. The van der Waals surface area contributed by atoms with Gasteiger partial charge in [0.05, 0.1) is 6.61 Å². The minimum atomic E-state index is 0.617. The van der Waals surface area contributed by atoms with Crippen LogP contribution in [-0.4, -0.2) is 23.7 Å². The van der Waals surface area contributed by atoms with Gasteiger partial charge < -0.3 is 10.1 Å². The summed E-state index contributed by atoms with van der Waals surface area (Å²) >= 11 is 2.05. The maximum absolute atomic E-state index is 5.50. The Morgan fingerprint density at radius 2 is 2.29 bits per heavy atom. The van der Waals surface area contributed by atoms with E-state index in [9.17, 15) is 0 Å². The summed E-state index contributed by atoms with van der Waals surface area (Å²) in [6.07, 6.45) is 1.26. The van der Waals surface area contributed by atoms with Crippen LogP contribution in [0.1, 0.15) is 25.8 Å². The van der Waals surface area contributed by atoms with Crippen molar-refractivity contribution in [1.82, 2.24) is 0 Å². The molecule has 0 bridgehead atoms. The first-order valence-corrected chi connectivity index (χ1v) is 7.35. The first-order valence-electron chi connectivity index (χ1n) is 6.30. The Balaban J connectivity index is 2.01. The molecule has 2 rings (SSSR count). The minimum absolute atomic E-state index is 0.617. The zero-order valence-electron chi connectivity index (χ0n) is 10.8. The molecular weight excluding hydrogens is 230 g/mol. The lowest BCUT2D eigenvalue weighted by Crippen LogP contribution is -2.19. The normalized spacial score (nSPS) is 23.7. The van der Waals surface area contributed by atoms with Gasteiger partial charge in [0.15, 0.2) is 0 Å². The summed E-state index contributed by atoms with van der Waals surface area (Å²) in [7, 11) is 0. The number of hydrogen-bond acceptors (Lipinski definition) is 3. The SMILES string of the molecule is CCOc1ccc(NC2CSC(C)C2)c(C)c1. The lowest BCUT2D eigenvalue weighted by Gasteiger charge is -2.16. The Kier molecular flexibility index (Phi) is 4.21. The van der Waals surface area contributed by atoms with Crippen LogP contribution < -0.4 is 10.1 Å².